The molecular formula is C16H19BrN2O3. The van der Waals surface area contributed by atoms with E-state index in [4.69, 9.17) is 4.74 Å². The first-order valence-corrected chi connectivity index (χ1v) is 7.81. The number of allylic oxidation sites excluding steroid dienone is 1. The van der Waals surface area contributed by atoms with Crippen molar-refractivity contribution in [2.75, 3.05) is 20.7 Å². The van der Waals surface area contributed by atoms with Gasteiger partial charge in [-0.15, -0.1) is 0 Å². The van der Waals surface area contributed by atoms with E-state index in [-0.39, 0.29) is 6.03 Å². The number of likely N-dealkylation sites (N-methyl/N-ethyl adjacent to an activating group) is 1. The highest BCUT2D eigenvalue weighted by Gasteiger charge is 2.39. The van der Waals surface area contributed by atoms with E-state index in [1.807, 2.05) is 24.3 Å². The van der Waals surface area contributed by atoms with Crippen molar-refractivity contribution in [3.8, 4) is 0 Å². The number of amides is 2. The smallest absolute Gasteiger partial charge is 0.338 e. The zero-order chi connectivity index (χ0) is 16.4. The molecule has 5 nitrogen and oxygen atoms in total. The van der Waals surface area contributed by atoms with E-state index in [9.17, 15) is 9.59 Å². The van der Waals surface area contributed by atoms with Gasteiger partial charge >= 0.3 is 12.0 Å². The third-order valence-electron chi connectivity index (χ3n) is 3.80. The molecule has 118 valence electrons. The molecule has 0 saturated heterocycles. The van der Waals surface area contributed by atoms with E-state index < -0.39 is 12.0 Å². The first-order valence-electron chi connectivity index (χ1n) is 7.02. The van der Waals surface area contributed by atoms with Crippen LogP contribution in [0.15, 0.2) is 40.0 Å². The largest absolute Gasteiger partial charge is 0.463 e. The van der Waals surface area contributed by atoms with Crippen molar-refractivity contribution in [2.24, 2.45) is 0 Å². The number of hydrogen-bond acceptors (Lipinski definition) is 3. The maximum absolute atomic E-state index is 12.4. The van der Waals surface area contributed by atoms with Crippen LogP contribution in [0.1, 0.15) is 25.5 Å². The molecule has 1 heterocycles. The molecule has 1 atom stereocenters. The van der Waals surface area contributed by atoms with Crippen LogP contribution in [0, 0.1) is 0 Å². The summed E-state index contributed by atoms with van der Waals surface area (Å²) in [5, 5.41) is 0. The number of halogens is 1. The van der Waals surface area contributed by atoms with Gasteiger partial charge in [-0.1, -0.05) is 28.1 Å². The molecule has 1 aromatic rings. The van der Waals surface area contributed by atoms with Crippen LogP contribution in [0.2, 0.25) is 0 Å². The highest BCUT2D eigenvalue weighted by molar-refractivity contribution is 9.10. The van der Waals surface area contributed by atoms with Gasteiger partial charge in [0.15, 0.2) is 0 Å². The van der Waals surface area contributed by atoms with Crippen LogP contribution in [0.25, 0.3) is 0 Å². The van der Waals surface area contributed by atoms with Crippen molar-refractivity contribution in [2.45, 2.75) is 19.9 Å². The summed E-state index contributed by atoms with van der Waals surface area (Å²) in [6.45, 7) is 3.83. The van der Waals surface area contributed by atoms with Crippen molar-refractivity contribution in [1.82, 2.24) is 9.80 Å². The van der Waals surface area contributed by atoms with Gasteiger partial charge in [-0.25, -0.2) is 9.59 Å². The lowest BCUT2D eigenvalue weighted by atomic mass is 9.94. The normalized spacial score (nSPS) is 18.8. The zero-order valence-electron chi connectivity index (χ0n) is 13.1. The summed E-state index contributed by atoms with van der Waals surface area (Å²) in [5.74, 6) is -0.392. The third kappa shape index (κ3) is 2.88. The van der Waals surface area contributed by atoms with Gasteiger partial charge in [0.05, 0.1) is 18.2 Å². The van der Waals surface area contributed by atoms with Gasteiger partial charge in [-0.3, -0.25) is 0 Å². The summed E-state index contributed by atoms with van der Waals surface area (Å²) in [4.78, 5) is 27.8. The van der Waals surface area contributed by atoms with Crippen LogP contribution >= 0.6 is 15.9 Å². The summed E-state index contributed by atoms with van der Waals surface area (Å²) >= 11 is 3.43. The maximum atomic E-state index is 12.4. The van der Waals surface area contributed by atoms with Gasteiger partial charge in [0.1, 0.15) is 0 Å². The Morgan fingerprint density at radius 1 is 1.36 bits per heavy atom. The predicted octanol–water partition coefficient (Wildman–Crippen LogP) is 3.32. The number of nitrogens with zero attached hydrogens (tertiary/aromatic N) is 2. The highest BCUT2D eigenvalue weighted by Crippen LogP contribution is 2.36. The molecule has 0 N–H and O–H groups in total. The van der Waals surface area contributed by atoms with Crippen LogP contribution in [0.4, 0.5) is 4.79 Å². The Morgan fingerprint density at radius 2 is 2.05 bits per heavy atom. The Morgan fingerprint density at radius 3 is 2.64 bits per heavy atom. The molecule has 6 heteroatoms. The average molecular weight is 367 g/mol. The van der Waals surface area contributed by atoms with E-state index in [1.54, 1.807) is 32.8 Å². The first kappa shape index (κ1) is 16.5. The molecule has 1 aromatic carbocycles. The second-order valence-corrected chi connectivity index (χ2v) is 6.05. The number of esters is 1. The number of ether oxygens (including phenoxy) is 1. The van der Waals surface area contributed by atoms with E-state index in [0.29, 0.717) is 17.9 Å². The van der Waals surface area contributed by atoms with Gasteiger partial charge in [-0.05, 0) is 31.5 Å². The highest BCUT2D eigenvalue weighted by atomic mass is 79.9. The summed E-state index contributed by atoms with van der Waals surface area (Å²) in [5.41, 5.74) is 1.97. The molecule has 0 saturated carbocycles. The Kier molecular flexibility index (Phi) is 4.90. The van der Waals surface area contributed by atoms with Crippen LogP contribution in [-0.2, 0) is 9.53 Å². The predicted molar refractivity (Wildman–Crippen MR) is 87.1 cm³/mol. The minimum Gasteiger partial charge on any atom is -0.463 e. The van der Waals surface area contributed by atoms with Crippen molar-refractivity contribution < 1.29 is 14.3 Å². The summed E-state index contributed by atoms with van der Waals surface area (Å²) < 4.78 is 6.09. The fourth-order valence-corrected chi connectivity index (χ4v) is 3.01. The molecule has 0 aromatic heterocycles. The van der Waals surface area contributed by atoms with Crippen molar-refractivity contribution in [3.63, 3.8) is 0 Å². The number of benzene rings is 1. The second-order valence-electron chi connectivity index (χ2n) is 5.13. The molecule has 2 amide bonds. The number of rotatable bonds is 3. The Bertz CT molecular complexity index is 642. The summed E-state index contributed by atoms with van der Waals surface area (Å²) in [6, 6.07) is 6.98. The Hall–Kier alpha value is -1.82. The molecule has 22 heavy (non-hydrogen) atoms. The van der Waals surface area contributed by atoms with Gasteiger partial charge < -0.3 is 14.5 Å². The Labute approximate surface area is 138 Å². The number of carbonyl (C=O) groups excluding carboxylic acids is 2. The monoisotopic (exact) mass is 366 g/mol. The minimum atomic E-state index is -0.458. The van der Waals surface area contributed by atoms with Crippen LogP contribution in [0.3, 0.4) is 0 Å². The molecule has 1 unspecified atom stereocenters. The molecule has 0 aliphatic carbocycles. The topological polar surface area (TPSA) is 49.9 Å². The SMILES string of the molecule is CCOC(=O)C1=C(C)N(C)C(=O)N(C)C1c1cccc(Br)c1. The number of urea groups is 1. The molecule has 2 rings (SSSR count). The minimum absolute atomic E-state index is 0.157. The van der Waals surface area contributed by atoms with Gasteiger partial charge in [0.25, 0.3) is 0 Å². The fraction of sp³-hybridized carbons (Fsp3) is 0.375. The van der Waals surface area contributed by atoms with Crippen LogP contribution in [-0.4, -0.2) is 42.5 Å². The zero-order valence-corrected chi connectivity index (χ0v) is 14.7. The molecular weight excluding hydrogens is 348 g/mol. The van der Waals surface area contributed by atoms with Gasteiger partial charge in [-0.2, -0.15) is 0 Å². The molecule has 0 radical (unpaired) electrons. The number of hydrogen-bond donors (Lipinski definition) is 0. The maximum Gasteiger partial charge on any atom is 0.338 e. The van der Waals surface area contributed by atoms with Gasteiger partial charge in [0.2, 0.25) is 0 Å². The molecule has 1 aliphatic rings. The van der Waals surface area contributed by atoms with Crippen molar-refractivity contribution in [3.05, 3.63) is 45.6 Å². The van der Waals surface area contributed by atoms with E-state index in [0.717, 1.165) is 10.0 Å². The lowest BCUT2D eigenvalue weighted by Gasteiger charge is -2.39. The van der Waals surface area contributed by atoms with E-state index >= 15 is 0 Å². The number of carbonyl (C=O) groups is 2. The third-order valence-corrected chi connectivity index (χ3v) is 4.30. The summed E-state index contributed by atoms with van der Waals surface area (Å²) in [7, 11) is 3.35. The second kappa shape index (κ2) is 6.52. The quantitative estimate of drug-likeness (QED) is 0.770. The molecule has 0 spiro atoms. The van der Waals surface area contributed by atoms with Crippen LogP contribution in [0.5, 0.6) is 0 Å². The standard InChI is InChI=1S/C16H19BrN2O3/c1-5-22-15(20)13-10(2)18(3)16(21)19(4)14(13)11-7-6-8-12(17)9-11/h6-9,14H,5H2,1-4H3. The van der Waals surface area contributed by atoms with Crippen molar-refractivity contribution >= 4 is 27.9 Å². The first-order chi connectivity index (χ1) is 10.4. The lowest BCUT2D eigenvalue weighted by Crippen LogP contribution is -2.47. The van der Waals surface area contributed by atoms with E-state index in [1.165, 1.54) is 4.90 Å². The van der Waals surface area contributed by atoms with E-state index in [2.05, 4.69) is 15.9 Å². The van der Waals surface area contributed by atoms with Crippen LogP contribution < -0.4 is 0 Å². The Balaban J connectivity index is 2.60. The van der Waals surface area contributed by atoms with Gasteiger partial charge in [0, 0.05) is 24.3 Å². The van der Waals surface area contributed by atoms with Crippen molar-refractivity contribution in [1.29, 1.82) is 0 Å². The lowest BCUT2D eigenvalue weighted by molar-refractivity contribution is -0.139. The summed E-state index contributed by atoms with van der Waals surface area (Å²) in [6.07, 6.45) is 0. The fourth-order valence-electron chi connectivity index (χ4n) is 2.60. The molecule has 0 fully saturated rings. The molecule has 1 aliphatic heterocycles. The average Bonchev–Trinajstić information content (AvgIpc) is 2.48. The molecule has 0 bridgehead atoms.